The van der Waals surface area contributed by atoms with Crippen molar-refractivity contribution in [3.05, 3.63) is 29.5 Å². The van der Waals surface area contributed by atoms with E-state index in [-0.39, 0.29) is 0 Å². The Morgan fingerprint density at radius 3 is 2.72 bits per heavy atom. The number of aromatic nitrogens is 1. The summed E-state index contributed by atoms with van der Waals surface area (Å²) in [7, 11) is 0. The van der Waals surface area contributed by atoms with Crippen molar-refractivity contribution in [3.8, 4) is 5.75 Å². The Hall–Kier alpha value is -1.81. The second-order valence-electron chi connectivity index (χ2n) is 4.13. The standard InChI is InChI=1S/C14H19N3O/c1-4-10-9(3)16-14-11(13(10)17-15)7-6-8-12(14)18-5-2/h6-8H,4-5,15H2,1-3H3,(H,16,17). The van der Waals surface area contributed by atoms with E-state index in [0.29, 0.717) is 6.61 Å². The van der Waals surface area contributed by atoms with Crippen LogP contribution >= 0.6 is 0 Å². The number of nitrogens with zero attached hydrogens (tertiary/aromatic N) is 1. The van der Waals surface area contributed by atoms with Gasteiger partial charge in [0.1, 0.15) is 11.3 Å². The number of anilines is 1. The van der Waals surface area contributed by atoms with E-state index in [9.17, 15) is 0 Å². The highest BCUT2D eigenvalue weighted by atomic mass is 16.5. The van der Waals surface area contributed by atoms with Gasteiger partial charge in [-0.05, 0) is 31.9 Å². The Balaban J connectivity index is 2.78. The van der Waals surface area contributed by atoms with Crippen LogP contribution < -0.4 is 16.0 Å². The summed E-state index contributed by atoms with van der Waals surface area (Å²) in [6, 6.07) is 5.91. The fourth-order valence-corrected chi connectivity index (χ4v) is 2.29. The summed E-state index contributed by atoms with van der Waals surface area (Å²) in [6.07, 6.45) is 0.896. The Morgan fingerprint density at radius 2 is 2.11 bits per heavy atom. The molecule has 3 N–H and O–H groups in total. The molecule has 0 bridgehead atoms. The number of benzene rings is 1. The summed E-state index contributed by atoms with van der Waals surface area (Å²) in [4.78, 5) is 4.65. The van der Waals surface area contributed by atoms with Crippen molar-refractivity contribution in [2.45, 2.75) is 27.2 Å². The first-order chi connectivity index (χ1) is 8.72. The molecule has 1 aromatic heterocycles. The van der Waals surface area contributed by atoms with Gasteiger partial charge in [0.05, 0.1) is 12.3 Å². The van der Waals surface area contributed by atoms with Crippen LogP contribution in [0, 0.1) is 6.92 Å². The van der Waals surface area contributed by atoms with Crippen molar-refractivity contribution in [1.29, 1.82) is 0 Å². The maximum Gasteiger partial charge on any atom is 0.145 e. The van der Waals surface area contributed by atoms with Crippen LogP contribution in [-0.4, -0.2) is 11.6 Å². The van der Waals surface area contributed by atoms with E-state index in [1.54, 1.807) is 0 Å². The molecule has 0 unspecified atom stereocenters. The summed E-state index contributed by atoms with van der Waals surface area (Å²) in [5.74, 6) is 6.47. The van der Waals surface area contributed by atoms with E-state index in [0.717, 1.165) is 40.0 Å². The largest absolute Gasteiger partial charge is 0.492 e. The smallest absolute Gasteiger partial charge is 0.145 e. The molecule has 18 heavy (non-hydrogen) atoms. The van der Waals surface area contributed by atoms with Gasteiger partial charge in [0, 0.05) is 11.1 Å². The van der Waals surface area contributed by atoms with Gasteiger partial charge in [-0.2, -0.15) is 0 Å². The molecule has 2 rings (SSSR count). The number of nitrogen functional groups attached to an aromatic ring is 1. The molecule has 0 aliphatic rings. The Morgan fingerprint density at radius 1 is 1.33 bits per heavy atom. The Bertz CT molecular complexity index is 566. The van der Waals surface area contributed by atoms with Crippen LogP contribution in [0.3, 0.4) is 0 Å². The van der Waals surface area contributed by atoms with Gasteiger partial charge in [-0.25, -0.2) is 4.98 Å². The molecule has 2 aromatic rings. The lowest BCUT2D eigenvalue weighted by atomic mass is 10.0. The number of para-hydroxylation sites is 1. The predicted octanol–water partition coefficient (Wildman–Crippen LogP) is 2.79. The van der Waals surface area contributed by atoms with Gasteiger partial charge >= 0.3 is 0 Å². The third-order valence-corrected chi connectivity index (χ3v) is 3.08. The molecule has 0 aliphatic carbocycles. The van der Waals surface area contributed by atoms with Gasteiger partial charge in [0.2, 0.25) is 0 Å². The number of nitrogens with two attached hydrogens (primary N) is 1. The summed E-state index contributed by atoms with van der Waals surface area (Å²) >= 11 is 0. The zero-order valence-electron chi connectivity index (χ0n) is 11.1. The van der Waals surface area contributed by atoms with Crippen molar-refractivity contribution in [2.75, 3.05) is 12.0 Å². The predicted molar refractivity (Wildman–Crippen MR) is 74.8 cm³/mol. The van der Waals surface area contributed by atoms with Gasteiger partial charge in [-0.3, -0.25) is 5.84 Å². The minimum absolute atomic E-state index is 0.626. The van der Waals surface area contributed by atoms with Gasteiger partial charge in [0.15, 0.2) is 0 Å². The van der Waals surface area contributed by atoms with Crippen molar-refractivity contribution in [1.82, 2.24) is 4.98 Å². The molecule has 4 nitrogen and oxygen atoms in total. The first kappa shape index (κ1) is 12.6. The monoisotopic (exact) mass is 245 g/mol. The third-order valence-electron chi connectivity index (χ3n) is 3.08. The normalized spacial score (nSPS) is 10.7. The quantitative estimate of drug-likeness (QED) is 0.642. The fourth-order valence-electron chi connectivity index (χ4n) is 2.29. The molecular weight excluding hydrogens is 226 g/mol. The van der Waals surface area contributed by atoms with Gasteiger partial charge in [-0.1, -0.05) is 19.1 Å². The number of ether oxygens (including phenoxy) is 1. The lowest BCUT2D eigenvalue weighted by Gasteiger charge is -2.15. The van der Waals surface area contributed by atoms with E-state index in [4.69, 9.17) is 10.6 Å². The first-order valence-electron chi connectivity index (χ1n) is 6.24. The minimum Gasteiger partial charge on any atom is -0.492 e. The van der Waals surface area contributed by atoms with Gasteiger partial charge in [0.25, 0.3) is 0 Å². The third kappa shape index (κ3) is 1.99. The molecule has 0 spiro atoms. The average Bonchev–Trinajstić information content (AvgIpc) is 2.38. The van der Waals surface area contributed by atoms with Crippen LogP contribution in [0.25, 0.3) is 10.9 Å². The summed E-state index contributed by atoms with van der Waals surface area (Å²) in [5, 5.41) is 1.01. The molecule has 0 radical (unpaired) electrons. The molecule has 0 aliphatic heterocycles. The van der Waals surface area contributed by atoms with E-state index in [2.05, 4.69) is 17.3 Å². The highest BCUT2D eigenvalue weighted by molar-refractivity contribution is 5.96. The molecule has 0 saturated carbocycles. The van der Waals surface area contributed by atoms with E-state index in [1.165, 1.54) is 0 Å². The molecule has 96 valence electrons. The zero-order valence-corrected chi connectivity index (χ0v) is 11.1. The number of hydrazine groups is 1. The van der Waals surface area contributed by atoms with Crippen LogP contribution in [0.5, 0.6) is 5.75 Å². The first-order valence-corrected chi connectivity index (χ1v) is 6.24. The number of hydrogen-bond donors (Lipinski definition) is 2. The zero-order chi connectivity index (χ0) is 13.1. The summed E-state index contributed by atoms with van der Waals surface area (Å²) in [6.45, 7) is 6.69. The van der Waals surface area contributed by atoms with Crippen molar-refractivity contribution in [2.24, 2.45) is 5.84 Å². The summed E-state index contributed by atoms with van der Waals surface area (Å²) < 4.78 is 5.62. The number of nitrogens with one attached hydrogen (secondary N) is 1. The maximum absolute atomic E-state index is 5.67. The molecular formula is C14H19N3O. The molecule has 0 saturated heterocycles. The van der Waals surface area contributed by atoms with Crippen LogP contribution in [0.1, 0.15) is 25.1 Å². The molecule has 1 aromatic carbocycles. The number of hydrogen-bond acceptors (Lipinski definition) is 4. The van der Waals surface area contributed by atoms with Crippen LogP contribution in [0.15, 0.2) is 18.2 Å². The van der Waals surface area contributed by atoms with Gasteiger partial charge < -0.3 is 10.2 Å². The Labute approximate surface area is 107 Å². The number of pyridine rings is 1. The van der Waals surface area contributed by atoms with Crippen molar-refractivity contribution >= 4 is 16.6 Å². The second kappa shape index (κ2) is 5.23. The van der Waals surface area contributed by atoms with Crippen LogP contribution in [0.2, 0.25) is 0 Å². The average molecular weight is 245 g/mol. The minimum atomic E-state index is 0.626. The SMILES string of the molecule is CCOc1cccc2c(NN)c(CC)c(C)nc12. The van der Waals surface area contributed by atoms with E-state index >= 15 is 0 Å². The van der Waals surface area contributed by atoms with Gasteiger partial charge in [-0.15, -0.1) is 0 Å². The lowest BCUT2D eigenvalue weighted by Crippen LogP contribution is -2.11. The van der Waals surface area contributed by atoms with E-state index < -0.39 is 0 Å². The molecule has 0 atom stereocenters. The highest BCUT2D eigenvalue weighted by Crippen LogP contribution is 2.33. The highest BCUT2D eigenvalue weighted by Gasteiger charge is 2.13. The molecule has 0 fully saturated rings. The fraction of sp³-hybridized carbons (Fsp3) is 0.357. The number of aryl methyl sites for hydroxylation is 1. The molecule has 4 heteroatoms. The molecule has 0 amide bonds. The van der Waals surface area contributed by atoms with Crippen molar-refractivity contribution in [3.63, 3.8) is 0 Å². The number of rotatable bonds is 4. The van der Waals surface area contributed by atoms with Crippen LogP contribution in [-0.2, 0) is 6.42 Å². The summed E-state index contributed by atoms with van der Waals surface area (Å²) in [5.41, 5.74) is 6.76. The maximum atomic E-state index is 5.67. The van der Waals surface area contributed by atoms with Crippen molar-refractivity contribution < 1.29 is 4.74 Å². The second-order valence-corrected chi connectivity index (χ2v) is 4.13. The topological polar surface area (TPSA) is 60.2 Å². The molecule has 1 heterocycles. The van der Waals surface area contributed by atoms with Crippen LogP contribution in [0.4, 0.5) is 5.69 Å². The van der Waals surface area contributed by atoms with E-state index in [1.807, 2.05) is 32.0 Å². The lowest BCUT2D eigenvalue weighted by molar-refractivity contribution is 0.343. The Kier molecular flexibility index (Phi) is 3.67. The number of fused-ring (bicyclic) bond motifs is 1.